The van der Waals surface area contributed by atoms with Crippen LogP contribution in [-0.2, 0) is 6.54 Å². The third kappa shape index (κ3) is 2.56. The molecule has 0 spiro atoms. The molecule has 0 amide bonds. The number of nitrogens with zero attached hydrogens (tertiary/aromatic N) is 3. The van der Waals surface area contributed by atoms with Crippen LogP contribution in [0.15, 0.2) is 17.1 Å². The van der Waals surface area contributed by atoms with Crippen LogP contribution in [0.2, 0.25) is 0 Å². The van der Waals surface area contributed by atoms with Crippen molar-refractivity contribution in [2.45, 2.75) is 19.5 Å². The number of hydrogen-bond donors (Lipinski definition) is 1. The summed E-state index contributed by atoms with van der Waals surface area (Å²) in [5, 5.41) is 4.02. The number of hydrogen-bond acceptors (Lipinski definition) is 4. The van der Waals surface area contributed by atoms with Gasteiger partial charge >= 0.3 is 0 Å². The van der Waals surface area contributed by atoms with E-state index in [1.807, 2.05) is 25.9 Å². The van der Waals surface area contributed by atoms with Crippen LogP contribution in [0.4, 0.5) is 5.69 Å². The Morgan fingerprint density at radius 2 is 2.29 bits per heavy atom. The fourth-order valence-corrected chi connectivity index (χ4v) is 1.08. The summed E-state index contributed by atoms with van der Waals surface area (Å²) in [6.45, 7) is 2.29. The van der Waals surface area contributed by atoms with Crippen molar-refractivity contribution in [2.24, 2.45) is 5.73 Å². The summed E-state index contributed by atoms with van der Waals surface area (Å²) in [6.07, 6.45) is 1.66. The molecule has 0 aliphatic carbocycles. The molecule has 0 fully saturated rings. The highest BCUT2D eigenvalue weighted by atomic mass is 16.1. The maximum absolute atomic E-state index is 11.5. The van der Waals surface area contributed by atoms with Gasteiger partial charge in [-0.3, -0.25) is 4.79 Å². The SMILES string of the molecule is C[C@@H](N)Cn1ncc(N(C)C)cc1=O. The smallest absolute Gasteiger partial charge is 0.268 e. The molecule has 5 nitrogen and oxygen atoms in total. The van der Waals surface area contributed by atoms with Crippen LogP contribution in [-0.4, -0.2) is 29.9 Å². The van der Waals surface area contributed by atoms with E-state index in [4.69, 9.17) is 5.73 Å². The minimum absolute atomic E-state index is 0.0644. The molecule has 0 aliphatic heterocycles. The van der Waals surface area contributed by atoms with Crippen LogP contribution in [0.3, 0.4) is 0 Å². The Balaban J connectivity index is 2.96. The van der Waals surface area contributed by atoms with E-state index in [2.05, 4.69) is 5.10 Å². The molecule has 1 aromatic heterocycles. The topological polar surface area (TPSA) is 64.2 Å². The normalized spacial score (nSPS) is 12.6. The molecule has 0 radical (unpaired) electrons. The van der Waals surface area contributed by atoms with Gasteiger partial charge in [0.2, 0.25) is 0 Å². The summed E-state index contributed by atoms with van der Waals surface area (Å²) in [4.78, 5) is 13.3. The van der Waals surface area contributed by atoms with Gasteiger partial charge in [0, 0.05) is 26.2 Å². The lowest BCUT2D eigenvalue weighted by atomic mass is 10.3. The van der Waals surface area contributed by atoms with Crippen LogP contribution >= 0.6 is 0 Å². The summed E-state index contributed by atoms with van der Waals surface area (Å²) >= 11 is 0. The number of aromatic nitrogens is 2. The van der Waals surface area contributed by atoms with Crippen molar-refractivity contribution in [3.05, 3.63) is 22.6 Å². The minimum Gasteiger partial charge on any atom is -0.376 e. The van der Waals surface area contributed by atoms with Gasteiger partial charge in [0.1, 0.15) is 0 Å². The molecule has 0 saturated heterocycles. The average molecular weight is 196 g/mol. The van der Waals surface area contributed by atoms with Crippen molar-refractivity contribution in [1.82, 2.24) is 9.78 Å². The van der Waals surface area contributed by atoms with Crippen molar-refractivity contribution >= 4 is 5.69 Å². The Bertz CT molecular complexity index is 356. The molecule has 14 heavy (non-hydrogen) atoms. The van der Waals surface area contributed by atoms with E-state index >= 15 is 0 Å². The minimum atomic E-state index is -0.117. The molecule has 0 saturated carbocycles. The fourth-order valence-electron chi connectivity index (χ4n) is 1.08. The van der Waals surface area contributed by atoms with Crippen LogP contribution in [0.1, 0.15) is 6.92 Å². The Hall–Kier alpha value is -1.36. The molecule has 1 atom stereocenters. The zero-order chi connectivity index (χ0) is 10.7. The molecule has 1 aromatic rings. The highest BCUT2D eigenvalue weighted by Crippen LogP contribution is 2.03. The molecule has 5 heteroatoms. The quantitative estimate of drug-likeness (QED) is 0.718. The van der Waals surface area contributed by atoms with Crippen molar-refractivity contribution in [3.63, 3.8) is 0 Å². The van der Waals surface area contributed by atoms with Gasteiger partial charge in [-0.15, -0.1) is 0 Å². The van der Waals surface area contributed by atoms with Crippen LogP contribution in [0.25, 0.3) is 0 Å². The monoisotopic (exact) mass is 196 g/mol. The van der Waals surface area contributed by atoms with Gasteiger partial charge in [-0.1, -0.05) is 0 Å². The third-order valence-electron chi connectivity index (χ3n) is 1.83. The lowest BCUT2D eigenvalue weighted by Gasteiger charge is -2.13. The maximum atomic E-state index is 11.5. The van der Waals surface area contributed by atoms with Gasteiger partial charge in [-0.05, 0) is 6.92 Å². The Morgan fingerprint density at radius 1 is 1.64 bits per heavy atom. The van der Waals surface area contributed by atoms with Crippen LogP contribution < -0.4 is 16.2 Å². The zero-order valence-electron chi connectivity index (χ0n) is 8.77. The van der Waals surface area contributed by atoms with Crippen LogP contribution in [0, 0.1) is 0 Å². The first-order valence-electron chi connectivity index (χ1n) is 4.51. The standard InChI is InChI=1S/C9H16N4O/c1-7(10)6-13-9(14)4-8(5-11-13)12(2)3/h4-5,7H,6,10H2,1-3H3/t7-/m1/s1. The molecule has 0 unspecified atom stereocenters. The summed E-state index contributed by atoms with van der Waals surface area (Å²) in [6, 6.07) is 1.49. The second kappa shape index (κ2) is 4.23. The van der Waals surface area contributed by atoms with E-state index in [0.717, 1.165) is 5.69 Å². The molecule has 0 aliphatic rings. The van der Waals surface area contributed by atoms with E-state index < -0.39 is 0 Å². The predicted octanol–water partition coefficient (Wildman–Crippen LogP) is -0.343. The van der Waals surface area contributed by atoms with Gasteiger partial charge in [0.15, 0.2) is 0 Å². The molecule has 0 bridgehead atoms. The maximum Gasteiger partial charge on any atom is 0.268 e. The summed E-state index contributed by atoms with van der Waals surface area (Å²) in [5.41, 5.74) is 6.27. The lowest BCUT2D eigenvalue weighted by molar-refractivity contribution is 0.513. The van der Waals surface area contributed by atoms with E-state index in [9.17, 15) is 4.79 Å². The van der Waals surface area contributed by atoms with Crippen molar-refractivity contribution in [2.75, 3.05) is 19.0 Å². The molecule has 2 N–H and O–H groups in total. The Kier molecular flexibility index (Phi) is 3.24. The highest BCUT2D eigenvalue weighted by molar-refractivity contribution is 5.40. The van der Waals surface area contributed by atoms with E-state index in [1.165, 1.54) is 4.68 Å². The average Bonchev–Trinajstić information content (AvgIpc) is 2.07. The Morgan fingerprint density at radius 3 is 2.71 bits per heavy atom. The zero-order valence-corrected chi connectivity index (χ0v) is 8.77. The second-order valence-corrected chi connectivity index (χ2v) is 3.61. The van der Waals surface area contributed by atoms with Gasteiger partial charge in [0.05, 0.1) is 18.4 Å². The third-order valence-corrected chi connectivity index (χ3v) is 1.83. The first-order valence-corrected chi connectivity index (χ1v) is 4.51. The van der Waals surface area contributed by atoms with E-state index in [-0.39, 0.29) is 11.6 Å². The molecule has 1 heterocycles. The predicted molar refractivity (Wildman–Crippen MR) is 56.5 cm³/mol. The van der Waals surface area contributed by atoms with E-state index in [1.54, 1.807) is 12.3 Å². The number of anilines is 1. The van der Waals surface area contributed by atoms with Gasteiger partial charge in [-0.25, -0.2) is 4.68 Å². The van der Waals surface area contributed by atoms with Gasteiger partial charge in [-0.2, -0.15) is 5.10 Å². The molecule has 1 rings (SSSR count). The van der Waals surface area contributed by atoms with Crippen molar-refractivity contribution in [1.29, 1.82) is 0 Å². The summed E-state index contributed by atoms with van der Waals surface area (Å²) in [5.74, 6) is 0. The molecule has 0 aromatic carbocycles. The highest BCUT2D eigenvalue weighted by Gasteiger charge is 2.03. The molecule has 78 valence electrons. The van der Waals surface area contributed by atoms with Gasteiger partial charge < -0.3 is 10.6 Å². The molecular weight excluding hydrogens is 180 g/mol. The first-order chi connectivity index (χ1) is 6.50. The largest absolute Gasteiger partial charge is 0.376 e. The first kappa shape index (κ1) is 10.7. The number of rotatable bonds is 3. The lowest BCUT2D eigenvalue weighted by Crippen LogP contribution is -2.31. The Labute approximate surface area is 83.1 Å². The number of nitrogens with two attached hydrogens (primary N) is 1. The second-order valence-electron chi connectivity index (χ2n) is 3.61. The van der Waals surface area contributed by atoms with Gasteiger partial charge in [0.25, 0.3) is 5.56 Å². The van der Waals surface area contributed by atoms with Crippen molar-refractivity contribution < 1.29 is 0 Å². The molecular formula is C9H16N4O. The van der Waals surface area contributed by atoms with Crippen LogP contribution in [0.5, 0.6) is 0 Å². The summed E-state index contributed by atoms with van der Waals surface area (Å²) < 4.78 is 1.37. The fraction of sp³-hybridized carbons (Fsp3) is 0.556. The van der Waals surface area contributed by atoms with E-state index in [0.29, 0.717) is 6.54 Å². The summed E-state index contributed by atoms with van der Waals surface area (Å²) in [7, 11) is 3.73. The van der Waals surface area contributed by atoms with Crippen molar-refractivity contribution in [3.8, 4) is 0 Å².